The number of anilines is 3. The van der Waals surface area contributed by atoms with Gasteiger partial charge in [0.25, 0.3) is 0 Å². The van der Waals surface area contributed by atoms with Crippen LogP contribution < -0.4 is 4.90 Å². The number of nitrogens with zero attached hydrogens (tertiary/aromatic N) is 1. The maximum Gasteiger partial charge on any atom is 0.0645 e. The number of fused-ring (bicyclic) bond motifs is 2. The van der Waals surface area contributed by atoms with E-state index in [4.69, 9.17) is 11.0 Å². The molecular formula is C44H31N. The topological polar surface area (TPSA) is 3.24 Å². The Labute approximate surface area is 285 Å². The Morgan fingerprint density at radius 1 is 0.378 bits per heavy atom. The molecule has 212 valence electrons. The predicted octanol–water partition coefficient (Wildman–Crippen LogP) is 12.5. The molecule has 0 N–H and O–H groups in total. The van der Waals surface area contributed by atoms with Gasteiger partial charge in [-0.2, -0.15) is 0 Å². The molecule has 8 aromatic carbocycles. The summed E-state index contributed by atoms with van der Waals surface area (Å²) in [6, 6.07) is 17.5. The molecule has 0 spiro atoms. The Kier molecular flexibility index (Phi) is 3.93. The zero-order valence-electron chi connectivity index (χ0n) is 38.7. The van der Waals surface area contributed by atoms with E-state index >= 15 is 0 Å². The van der Waals surface area contributed by atoms with Crippen LogP contribution in [0.25, 0.3) is 54.9 Å². The van der Waals surface area contributed by atoms with Crippen molar-refractivity contribution in [3.05, 3.63) is 188 Å². The third-order valence-corrected chi connectivity index (χ3v) is 7.51. The molecule has 0 fully saturated rings. The van der Waals surface area contributed by atoms with Crippen LogP contribution in [0.2, 0.25) is 0 Å². The Balaban J connectivity index is 1.57. The van der Waals surface area contributed by atoms with Gasteiger partial charge in [0, 0.05) is 16.8 Å². The molecule has 0 saturated carbocycles. The highest BCUT2D eigenvalue weighted by Crippen LogP contribution is 2.42. The van der Waals surface area contributed by atoms with E-state index < -0.39 is 118 Å². The molecule has 8 rings (SSSR count). The summed E-state index contributed by atoms with van der Waals surface area (Å²) in [6.07, 6.45) is 0. The lowest BCUT2D eigenvalue weighted by atomic mass is 9.89. The summed E-state index contributed by atoms with van der Waals surface area (Å²) in [7, 11) is 0. The molecule has 0 atom stereocenters. The van der Waals surface area contributed by atoms with E-state index in [0.717, 1.165) is 15.8 Å². The van der Waals surface area contributed by atoms with Crippen molar-refractivity contribution in [3.63, 3.8) is 0 Å². The molecule has 0 aliphatic heterocycles. The molecule has 0 heterocycles. The molecule has 0 bridgehead atoms. The van der Waals surface area contributed by atoms with E-state index in [1.807, 2.05) is 54.6 Å². The second-order valence-corrected chi connectivity index (χ2v) is 10.2. The minimum Gasteiger partial charge on any atom is -0.310 e. The highest BCUT2D eigenvalue weighted by atomic mass is 15.1. The standard InChI is InChI=1S/C44H31N/c1-3-12-32(13-4-1)33-22-27-38(28-23-33)45(43-21-11-18-34-16-7-9-19-40(34)43)39-29-24-37(25-30-39)44-41-20-10-8-17-36(41)26-31-42(44)35-14-5-2-6-15-35/h1-31H/i7D,9D,11D,16D,18D,19D,21D,22D,23D,24D,25D,27D,28D,29D,30D. The van der Waals surface area contributed by atoms with Crippen LogP contribution in [0, 0.1) is 0 Å². The summed E-state index contributed by atoms with van der Waals surface area (Å²) in [5.74, 6) is 0. The summed E-state index contributed by atoms with van der Waals surface area (Å²) in [4.78, 5) is 0.768. The fourth-order valence-electron chi connectivity index (χ4n) is 5.41. The van der Waals surface area contributed by atoms with Gasteiger partial charge in [-0.3, -0.25) is 0 Å². The van der Waals surface area contributed by atoms with E-state index in [1.165, 1.54) is 0 Å². The third kappa shape index (κ3) is 5.05. The Bertz CT molecular complexity index is 3030. The third-order valence-electron chi connectivity index (χ3n) is 7.51. The fraction of sp³-hybridized carbons (Fsp3) is 0. The Morgan fingerprint density at radius 2 is 0.978 bits per heavy atom. The van der Waals surface area contributed by atoms with Crippen LogP contribution in [0.1, 0.15) is 20.6 Å². The van der Waals surface area contributed by atoms with Crippen LogP contribution in [-0.4, -0.2) is 0 Å². The second kappa shape index (κ2) is 11.6. The van der Waals surface area contributed by atoms with Crippen LogP contribution >= 0.6 is 0 Å². The van der Waals surface area contributed by atoms with Gasteiger partial charge in [0.1, 0.15) is 0 Å². The summed E-state index contributed by atoms with van der Waals surface area (Å²) in [5, 5.41) is 0.320. The molecule has 0 amide bonds. The molecule has 0 aliphatic carbocycles. The van der Waals surface area contributed by atoms with Crippen LogP contribution in [0.4, 0.5) is 17.1 Å². The molecule has 1 heteroatoms. The summed E-state index contributed by atoms with van der Waals surface area (Å²) in [6.45, 7) is 0. The first-order valence-corrected chi connectivity index (χ1v) is 14.2. The molecular weight excluding hydrogens is 542 g/mol. The van der Waals surface area contributed by atoms with E-state index in [-0.39, 0.29) is 11.1 Å². The van der Waals surface area contributed by atoms with Gasteiger partial charge in [0.05, 0.1) is 26.2 Å². The molecule has 1 nitrogen and oxygen atoms in total. The van der Waals surface area contributed by atoms with Crippen LogP contribution in [0.5, 0.6) is 0 Å². The average Bonchev–Trinajstić information content (AvgIpc) is 3.26. The van der Waals surface area contributed by atoms with Crippen molar-refractivity contribution in [2.75, 3.05) is 4.90 Å². The maximum absolute atomic E-state index is 9.66. The fourth-order valence-corrected chi connectivity index (χ4v) is 5.41. The lowest BCUT2D eigenvalue weighted by molar-refractivity contribution is 1.30. The largest absolute Gasteiger partial charge is 0.310 e. The van der Waals surface area contributed by atoms with Gasteiger partial charge < -0.3 is 4.90 Å². The minimum atomic E-state index is -0.858. The minimum absolute atomic E-state index is 0.103. The zero-order valence-corrected chi connectivity index (χ0v) is 23.7. The number of rotatable bonds is 6. The van der Waals surface area contributed by atoms with Crippen molar-refractivity contribution < 1.29 is 20.6 Å². The first kappa shape index (κ1) is 15.2. The highest BCUT2D eigenvalue weighted by molar-refractivity contribution is 6.05. The molecule has 0 saturated heterocycles. The molecule has 8 aromatic rings. The molecule has 45 heavy (non-hydrogen) atoms. The first-order valence-electron chi connectivity index (χ1n) is 21.7. The monoisotopic (exact) mass is 588 g/mol. The highest BCUT2D eigenvalue weighted by Gasteiger charge is 2.17. The average molecular weight is 589 g/mol. The smallest absolute Gasteiger partial charge is 0.0645 e. The summed E-state index contributed by atoms with van der Waals surface area (Å²) < 4.78 is 137. The molecule has 0 unspecified atom stereocenters. The predicted molar refractivity (Wildman–Crippen MR) is 192 cm³/mol. The SMILES string of the molecule is [2H]c1c([2H])c(N(c2c([2H])c([2H])c(-c3c(-c4ccccc4)ccc4ccccc34)c([2H])c2[2H])c2c([2H])c([2H])c([2H])c3c([2H])c([2H])c([2H])c([2H])c23)c([2H])c([2H])c1-c1ccccc1. The number of hydrogen-bond donors (Lipinski definition) is 0. The van der Waals surface area contributed by atoms with Crippen LogP contribution in [0.15, 0.2) is 188 Å². The van der Waals surface area contributed by atoms with Crippen LogP contribution in [0.3, 0.4) is 0 Å². The quantitative estimate of drug-likeness (QED) is 0.187. The van der Waals surface area contributed by atoms with Gasteiger partial charge in [-0.1, -0.05) is 157 Å². The van der Waals surface area contributed by atoms with E-state index in [1.54, 1.807) is 42.5 Å². The maximum atomic E-state index is 9.66. The Morgan fingerprint density at radius 3 is 1.71 bits per heavy atom. The van der Waals surface area contributed by atoms with Crippen molar-refractivity contribution in [2.45, 2.75) is 0 Å². The number of hydrogen-bond acceptors (Lipinski definition) is 1. The Hall–Kier alpha value is -5.92. The van der Waals surface area contributed by atoms with Crippen molar-refractivity contribution in [1.29, 1.82) is 0 Å². The summed E-state index contributed by atoms with van der Waals surface area (Å²) in [5.41, 5.74) is -0.197. The van der Waals surface area contributed by atoms with Gasteiger partial charge in [-0.05, 0) is 79.8 Å². The van der Waals surface area contributed by atoms with E-state index in [0.29, 0.717) is 22.1 Å². The molecule has 0 aliphatic rings. The van der Waals surface area contributed by atoms with Crippen molar-refractivity contribution in [2.24, 2.45) is 0 Å². The van der Waals surface area contributed by atoms with Crippen LogP contribution in [-0.2, 0) is 0 Å². The second-order valence-electron chi connectivity index (χ2n) is 10.2. The van der Waals surface area contributed by atoms with E-state index in [2.05, 4.69) is 0 Å². The van der Waals surface area contributed by atoms with Gasteiger partial charge in [0.15, 0.2) is 0 Å². The molecule has 0 aromatic heterocycles. The van der Waals surface area contributed by atoms with Crippen molar-refractivity contribution >= 4 is 38.6 Å². The normalized spacial score (nSPS) is 15.8. The summed E-state index contributed by atoms with van der Waals surface area (Å²) >= 11 is 0. The van der Waals surface area contributed by atoms with Crippen molar-refractivity contribution in [3.8, 4) is 33.4 Å². The lowest BCUT2D eigenvalue weighted by Crippen LogP contribution is -2.10. The van der Waals surface area contributed by atoms with Gasteiger partial charge in [-0.25, -0.2) is 0 Å². The van der Waals surface area contributed by atoms with Gasteiger partial charge >= 0.3 is 0 Å². The van der Waals surface area contributed by atoms with Gasteiger partial charge in [0.2, 0.25) is 0 Å². The molecule has 0 radical (unpaired) electrons. The van der Waals surface area contributed by atoms with Crippen molar-refractivity contribution in [1.82, 2.24) is 0 Å². The zero-order chi connectivity index (χ0) is 43.1. The van der Waals surface area contributed by atoms with Gasteiger partial charge in [-0.15, -0.1) is 0 Å². The van der Waals surface area contributed by atoms with E-state index in [9.17, 15) is 9.60 Å². The number of benzene rings is 8. The lowest BCUT2D eigenvalue weighted by Gasteiger charge is -2.27. The first-order chi connectivity index (χ1) is 28.6.